The van der Waals surface area contributed by atoms with Gasteiger partial charge < -0.3 is 4.74 Å². The highest BCUT2D eigenvalue weighted by Gasteiger charge is 2.22. The predicted molar refractivity (Wildman–Crippen MR) is 101 cm³/mol. The third-order valence-electron chi connectivity index (χ3n) is 4.98. The van der Waals surface area contributed by atoms with Gasteiger partial charge in [-0.15, -0.1) is 0 Å². The van der Waals surface area contributed by atoms with Gasteiger partial charge in [0.05, 0.1) is 6.20 Å². The third kappa shape index (κ3) is 4.11. The monoisotopic (exact) mass is 348 g/mol. The Bertz CT molecular complexity index is 804. The fourth-order valence-corrected chi connectivity index (χ4v) is 3.62. The topological polar surface area (TPSA) is 54.0 Å². The number of hydrogen-bond acceptors (Lipinski definition) is 4. The van der Waals surface area contributed by atoms with E-state index in [9.17, 15) is 0 Å². The van der Waals surface area contributed by atoms with E-state index in [0.29, 0.717) is 12.5 Å². The molecule has 1 fully saturated rings. The largest absolute Gasteiger partial charge is 0.489 e. The van der Waals surface area contributed by atoms with Gasteiger partial charge in [-0.05, 0) is 43.0 Å². The van der Waals surface area contributed by atoms with Gasteiger partial charge in [-0.3, -0.25) is 15.0 Å². The van der Waals surface area contributed by atoms with Crippen LogP contribution in [0.4, 0.5) is 0 Å². The van der Waals surface area contributed by atoms with Crippen LogP contribution in [0.1, 0.15) is 35.4 Å². The van der Waals surface area contributed by atoms with Crippen LogP contribution in [0.2, 0.25) is 0 Å². The summed E-state index contributed by atoms with van der Waals surface area (Å²) in [5, 5.41) is 7.04. The van der Waals surface area contributed by atoms with E-state index in [0.717, 1.165) is 30.9 Å². The van der Waals surface area contributed by atoms with Gasteiger partial charge in [0, 0.05) is 42.8 Å². The maximum absolute atomic E-state index is 6.08. The van der Waals surface area contributed by atoms with E-state index in [1.165, 1.54) is 24.0 Å². The number of nitrogens with one attached hydrogen (secondary N) is 1. The molecule has 0 saturated carbocycles. The van der Waals surface area contributed by atoms with Crippen LogP contribution in [0, 0.1) is 0 Å². The Hall–Kier alpha value is -2.66. The van der Waals surface area contributed by atoms with E-state index in [-0.39, 0.29) is 0 Å². The SMILES string of the molecule is c1cncc(COc2ccccc2CN2CCCC(c3cn[nH]c3)C2)c1. The highest BCUT2D eigenvalue weighted by molar-refractivity contribution is 5.33. The molecule has 1 N–H and O–H groups in total. The molecular formula is C21H24N4O. The van der Waals surface area contributed by atoms with Gasteiger partial charge in [0.15, 0.2) is 0 Å². The molecule has 0 aliphatic carbocycles. The zero-order chi connectivity index (χ0) is 17.6. The number of aromatic amines is 1. The van der Waals surface area contributed by atoms with Crippen LogP contribution in [0.3, 0.4) is 0 Å². The van der Waals surface area contributed by atoms with Gasteiger partial charge in [-0.25, -0.2) is 0 Å². The van der Waals surface area contributed by atoms with Crippen molar-refractivity contribution in [3.05, 3.63) is 77.9 Å². The van der Waals surface area contributed by atoms with Crippen LogP contribution in [0.15, 0.2) is 61.2 Å². The summed E-state index contributed by atoms with van der Waals surface area (Å²) >= 11 is 0. The van der Waals surface area contributed by atoms with E-state index in [1.54, 1.807) is 6.20 Å². The smallest absolute Gasteiger partial charge is 0.124 e. The summed E-state index contributed by atoms with van der Waals surface area (Å²) in [5.74, 6) is 1.52. The lowest BCUT2D eigenvalue weighted by molar-refractivity contribution is 0.196. The van der Waals surface area contributed by atoms with Gasteiger partial charge >= 0.3 is 0 Å². The number of pyridine rings is 1. The molecule has 1 aliphatic heterocycles. The Morgan fingerprint density at radius 2 is 2.12 bits per heavy atom. The first-order valence-electron chi connectivity index (χ1n) is 9.19. The lowest BCUT2D eigenvalue weighted by Gasteiger charge is -2.32. The summed E-state index contributed by atoms with van der Waals surface area (Å²) in [5.41, 5.74) is 3.64. The van der Waals surface area contributed by atoms with Crippen LogP contribution in [-0.4, -0.2) is 33.2 Å². The van der Waals surface area contributed by atoms with Crippen LogP contribution in [0.5, 0.6) is 5.75 Å². The molecule has 0 spiro atoms. The lowest BCUT2D eigenvalue weighted by atomic mass is 9.92. The maximum Gasteiger partial charge on any atom is 0.124 e. The van der Waals surface area contributed by atoms with E-state index >= 15 is 0 Å². The predicted octanol–water partition coefficient (Wildman–Crippen LogP) is 3.76. The molecule has 26 heavy (non-hydrogen) atoms. The molecule has 5 nitrogen and oxygen atoms in total. The molecule has 134 valence electrons. The minimum atomic E-state index is 0.544. The van der Waals surface area contributed by atoms with E-state index in [1.807, 2.05) is 36.8 Å². The summed E-state index contributed by atoms with van der Waals surface area (Å²) in [6.07, 6.45) is 10.1. The van der Waals surface area contributed by atoms with E-state index in [4.69, 9.17) is 4.74 Å². The molecule has 1 aliphatic rings. The number of H-pyrrole nitrogens is 1. The molecule has 4 rings (SSSR count). The van der Waals surface area contributed by atoms with Gasteiger partial charge in [0.25, 0.3) is 0 Å². The van der Waals surface area contributed by atoms with Crippen molar-refractivity contribution in [1.29, 1.82) is 0 Å². The van der Waals surface area contributed by atoms with Gasteiger partial charge in [-0.2, -0.15) is 5.10 Å². The Morgan fingerprint density at radius 1 is 1.15 bits per heavy atom. The molecule has 3 aromatic rings. The van der Waals surface area contributed by atoms with E-state index in [2.05, 4.69) is 38.3 Å². The first kappa shape index (κ1) is 16.8. The summed E-state index contributed by atoms with van der Waals surface area (Å²) in [6.45, 7) is 3.65. The second kappa shape index (κ2) is 8.15. The molecule has 1 saturated heterocycles. The molecular weight excluding hydrogens is 324 g/mol. The highest BCUT2D eigenvalue weighted by Crippen LogP contribution is 2.29. The van der Waals surface area contributed by atoms with Crippen LogP contribution in [-0.2, 0) is 13.2 Å². The molecule has 3 heterocycles. The minimum Gasteiger partial charge on any atom is -0.489 e. The molecule has 1 unspecified atom stereocenters. The lowest BCUT2D eigenvalue weighted by Crippen LogP contribution is -2.33. The van der Waals surface area contributed by atoms with Crippen LogP contribution < -0.4 is 4.74 Å². The molecule has 1 aromatic carbocycles. The summed E-state index contributed by atoms with van der Waals surface area (Å²) < 4.78 is 6.08. The maximum atomic E-state index is 6.08. The van der Waals surface area contributed by atoms with Crippen molar-refractivity contribution in [3.8, 4) is 5.75 Å². The molecule has 0 radical (unpaired) electrons. The third-order valence-corrected chi connectivity index (χ3v) is 4.98. The highest BCUT2D eigenvalue weighted by atomic mass is 16.5. The van der Waals surface area contributed by atoms with Gasteiger partial charge in [-0.1, -0.05) is 24.3 Å². The summed E-state index contributed by atoms with van der Waals surface area (Å²) in [4.78, 5) is 6.67. The number of piperidine rings is 1. The fraction of sp³-hybridized carbons (Fsp3) is 0.333. The molecule has 5 heteroatoms. The van der Waals surface area contributed by atoms with Crippen molar-refractivity contribution < 1.29 is 4.74 Å². The Labute approximate surface area is 154 Å². The number of nitrogens with zero attached hydrogens (tertiary/aromatic N) is 3. The first-order chi connectivity index (χ1) is 12.9. The Balaban J connectivity index is 1.41. The van der Waals surface area contributed by atoms with Crippen molar-refractivity contribution in [2.24, 2.45) is 0 Å². The second-order valence-electron chi connectivity index (χ2n) is 6.86. The summed E-state index contributed by atoms with van der Waals surface area (Å²) in [7, 11) is 0. The molecule has 1 atom stereocenters. The number of likely N-dealkylation sites (tertiary alicyclic amines) is 1. The van der Waals surface area contributed by atoms with Gasteiger partial charge in [0.2, 0.25) is 0 Å². The number of ether oxygens (including phenoxy) is 1. The van der Waals surface area contributed by atoms with Crippen molar-refractivity contribution in [2.45, 2.75) is 31.9 Å². The zero-order valence-electron chi connectivity index (χ0n) is 14.8. The first-order valence-corrected chi connectivity index (χ1v) is 9.19. The number of hydrogen-bond donors (Lipinski definition) is 1. The number of aromatic nitrogens is 3. The van der Waals surface area contributed by atoms with E-state index < -0.39 is 0 Å². The number of para-hydroxylation sites is 1. The average Bonchev–Trinajstić information content (AvgIpc) is 3.23. The van der Waals surface area contributed by atoms with Crippen LogP contribution >= 0.6 is 0 Å². The molecule has 0 amide bonds. The van der Waals surface area contributed by atoms with Crippen molar-refractivity contribution in [2.75, 3.05) is 13.1 Å². The second-order valence-corrected chi connectivity index (χ2v) is 6.86. The zero-order valence-corrected chi connectivity index (χ0v) is 14.8. The average molecular weight is 348 g/mol. The van der Waals surface area contributed by atoms with Crippen LogP contribution in [0.25, 0.3) is 0 Å². The minimum absolute atomic E-state index is 0.544. The summed E-state index contributed by atoms with van der Waals surface area (Å²) in [6, 6.07) is 12.3. The molecule has 0 bridgehead atoms. The van der Waals surface area contributed by atoms with Crippen molar-refractivity contribution in [1.82, 2.24) is 20.1 Å². The van der Waals surface area contributed by atoms with Gasteiger partial charge in [0.1, 0.15) is 12.4 Å². The fourth-order valence-electron chi connectivity index (χ4n) is 3.62. The Kier molecular flexibility index (Phi) is 5.26. The molecule has 2 aromatic heterocycles. The van der Waals surface area contributed by atoms with Crippen molar-refractivity contribution in [3.63, 3.8) is 0 Å². The quantitative estimate of drug-likeness (QED) is 0.737. The Morgan fingerprint density at radius 3 is 2.96 bits per heavy atom. The number of rotatable bonds is 6. The number of benzene rings is 1. The normalized spacial score (nSPS) is 17.9. The van der Waals surface area contributed by atoms with Crippen molar-refractivity contribution >= 4 is 0 Å². The standard InChI is InChI=1S/C21H24N4O/c1-2-8-21(26-16-17-5-3-9-22-11-17)19(6-1)15-25-10-4-7-18(14-25)20-12-23-24-13-20/h1-3,5-6,8-9,11-13,18H,4,7,10,14-16H2,(H,23,24).